The van der Waals surface area contributed by atoms with Gasteiger partial charge in [0, 0.05) is 32.1 Å². The number of hydrogen-bond donors (Lipinski definition) is 1. The predicted octanol–water partition coefficient (Wildman–Crippen LogP) is 2.36. The standard InChI is InChI=1S/C18H29N3O2/c1-15-6-4-8-17(12-15)23-14-16-7-5-10-21(13-16)18(22)19-9-11-20(2)3/h4,6,8,12,16H,5,7,9-11,13-14H2,1-3H3,(H,19,22). The van der Waals surface area contributed by atoms with Crippen molar-refractivity contribution < 1.29 is 9.53 Å². The van der Waals surface area contributed by atoms with Crippen molar-refractivity contribution >= 4 is 6.03 Å². The minimum atomic E-state index is 0.0482. The summed E-state index contributed by atoms with van der Waals surface area (Å²) in [5.74, 6) is 1.32. The van der Waals surface area contributed by atoms with Gasteiger partial charge in [0.15, 0.2) is 0 Å². The summed E-state index contributed by atoms with van der Waals surface area (Å²) in [5.41, 5.74) is 1.20. The van der Waals surface area contributed by atoms with Gasteiger partial charge in [-0.2, -0.15) is 0 Å². The fourth-order valence-corrected chi connectivity index (χ4v) is 2.80. The molecule has 2 amide bonds. The third-order valence-electron chi connectivity index (χ3n) is 4.12. The lowest BCUT2D eigenvalue weighted by Gasteiger charge is -2.32. The van der Waals surface area contributed by atoms with Crippen molar-refractivity contribution in [2.75, 3.05) is 46.9 Å². The molecule has 0 aliphatic carbocycles. The van der Waals surface area contributed by atoms with Crippen molar-refractivity contribution in [3.63, 3.8) is 0 Å². The molecule has 0 aromatic heterocycles. The molecule has 1 atom stereocenters. The van der Waals surface area contributed by atoms with Gasteiger partial charge in [0.2, 0.25) is 0 Å². The molecule has 1 fully saturated rings. The summed E-state index contributed by atoms with van der Waals surface area (Å²) in [7, 11) is 4.01. The Kier molecular flexibility index (Phi) is 6.71. The van der Waals surface area contributed by atoms with E-state index in [1.54, 1.807) is 0 Å². The van der Waals surface area contributed by atoms with Crippen LogP contribution in [0.4, 0.5) is 4.79 Å². The predicted molar refractivity (Wildman–Crippen MR) is 92.9 cm³/mol. The van der Waals surface area contributed by atoms with Crippen LogP contribution in [0.5, 0.6) is 5.75 Å². The molecular weight excluding hydrogens is 290 g/mol. The zero-order chi connectivity index (χ0) is 16.7. The molecule has 1 aromatic rings. The number of rotatable bonds is 6. The smallest absolute Gasteiger partial charge is 0.317 e. The van der Waals surface area contributed by atoms with E-state index < -0.39 is 0 Å². The quantitative estimate of drug-likeness (QED) is 0.875. The summed E-state index contributed by atoms with van der Waals surface area (Å²) < 4.78 is 5.90. The molecule has 1 saturated heterocycles. The molecule has 0 radical (unpaired) electrons. The van der Waals surface area contributed by atoms with Crippen molar-refractivity contribution in [3.8, 4) is 5.75 Å². The van der Waals surface area contributed by atoms with E-state index in [0.29, 0.717) is 19.1 Å². The van der Waals surface area contributed by atoms with Gasteiger partial charge >= 0.3 is 6.03 Å². The average Bonchev–Trinajstić information content (AvgIpc) is 2.53. The topological polar surface area (TPSA) is 44.8 Å². The van der Waals surface area contributed by atoms with Crippen molar-refractivity contribution in [3.05, 3.63) is 29.8 Å². The molecule has 1 aliphatic rings. The number of aryl methyl sites for hydroxylation is 1. The van der Waals surface area contributed by atoms with Crippen LogP contribution in [-0.2, 0) is 0 Å². The van der Waals surface area contributed by atoms with Crippen molar-refractivity contribution in [1.82, 2.24) is 15.1 Å². The van der Waals surface area contributed by atoms with Gasteiger partial charge in [0.05, 0.1) is 6.61 Å². The second-order valence-electron chi connectivity index (χ2n) is 6.62. The van der Waals surface area contributed by atoms with Gasteiger partial charge in [-0.3, -0.25) is 0 Å². The van der Waals surface area contributed by atoms with Gasteiger partial charge in [0.25, 0.3) is 0 Å². The Labute approximate surface area is 139 Å². The lowest BCUT2D eigenvalue weighted by atomic mass is 9.99. The average molecular weight is 319 g/mol. The number of urea groups is 1. The van der Waals surface area contributed by atoms with Crippen LogP contribution in [0.3, 0.4) is 0 Å². The van der Waals surface area contributed by atoms with Crippen LogP contribution in [-0.4, -0.2) is 62.7 Å². The Morgan fingerprint density at radius 3 is 3.00 bits per heavy atom. The van der Waals surface area contributed by atoms with E-state index in [4.69, 9.17) is 4.74 Å². The van der Waals surface area contributed by atoms with Crippen molar-refractivity contribution in [1.29, 1.82) is 0 Å². The monoisotopic (exact) mass is 319 g/mol. The molecular formula is C18H29N3O2. The summed E-state index contributed by atoms with van der Waals surface area (Å²) in [4.78, 5) is 16.2. The number of hydrogen-bond acceptors (Lipinski definition) is 3. The molecule has 2 rings (SSSR count). The van der Waals surface area contributed by atoms with Crippen LogP contribution >= 0.6 is 0 Å². The summed E-state index contributed by atoms with van der Waals surface area (Å²) in [6.07, 6.45) is 2.16. The summed E-state index contributed by atoms with van der Waals surface area (Å²) in [6, 6.07) is 8.16. The minimum Gasteiger partial charge on any atom is -0.493 e. The molecule has 5 nitrogen and oxygen atoms in total. The maximum atomic E-state index is 12.2. The van der Waals surface area contributed by atoms with Crippen LogP contribution in [0.25, 0.3) is 0 Å². The first-order valence-corrected chi connectivity index (χ1v) is 8.41. The second-order valence-corrected chi connectivity index (χ2v) is 6.62. The van der Waals surface area contributed by atoms with E-state index in [1.807, 2.05) is 31.1 Å². The van der Waals surface area contributed by atoms with Crippen LogP contribution in [0.1, 0.15) is 18.4 Å². The van der Waals surface area contributed by atoms with Crippen molar-refractivity contribution in [2.45, 2.75) is 19.8 Å². The Balaban J connectivity index is 1.75. The molecule has 23 heavy (non-hydrogen) atoms. The zero-order valence-corrected chi connectivity index (χ0v) is 14.5. The highest BCUT2D eigenvalue weighted by molar-refractivity contribution is 5.74. The highest BCUT2D eigenvalue weighted by Crippen LogP contribution is 2.19. The number of carbonyl (C=O) groups excluding carboxylic acids is 1. The number of piperidine rings is 1. The first kappa shape index (κ1) is 17.6. The molecule has 1 aliphatic heterocycles. The first-order chi connectivity index (χ1) is 11.0. The molecule has 128 valence electrons. The number of nitrogens with zero attached hydrogens (tertiary/aromatic N) is 2. The highest BCUT2D eigenvalue weighted by Gasteiger charge is 2.23. The lowest BCUT2D eigenvalue weighted by Crippen LogP contribution is -2.47. The third kappa shape index (κ3) is 6.10. The van der Waals surface area contributed by atoms with Gasteiger partial charge < -0.3 is 19.9 Å². The minimum absolute atomic E-state index is 0.0482. The Morgan fingerprint density at radius 1 is 1.43 bits per heavy atom. The Bertz CT molecular complexity index is 505. The van der Waals surface area contributed by atoms with Crippen LogP contribution in [0.15, 0.2) is 24.3 Å². The van der Waals surface area contributed by atoms with E-state index in [1.165, 1.54) is 5.56 Å². The third-order valence-corrected chi connectivity index (χ3v) is 4.12. The molecule has 1 heterocycles. The van der Waals surface area contributed by atoms with Crippen molar-refractivity contribution in [2.24, 2.45) is 5.92 Å². The van der Waals surface area contributed by atoms with E-state index in [0.717, 1.165) is 38.2 Å². The number of carbonyl (C=O) groups is 1. The number of likely N-dealkylation sites (N-methyl/N-ethyl adjacent to an activating group) is 1. The van der Waals surface area contributed by atoms with Gasteiger partial charge in [-0.05, 0) is 51.6 Å². The summed E-state index contributed by atoms with van der Waals surface area (Å²) in [5, 5.41) is 2.99. The summed E-state index contributed by atoms with van der Waals surface area (Å²) >= 11 is 0. The van der Waals surface area contributed by atoms with Crippen LogP contribution < -0.4 is 10.1 Å². The van der Waals surface area contributed by atoms with Crippen LogP contribution in [0, 0.1) is 12.8 Å². The lowest BCUT2D eigenvalue weighted by molar-refractivity contribution is 0.137. The van der Waals surface area contributed by atoms with E-state index in [-0.39, 0.29) is 6.03 Å². The van der Waals surface area contributed by atoms with E-state index >= 15 is 0 Å². The first-order valence-electron chi connectivity index (χ1n) is 8.41. The van der Waals surface area contributed by atoms with Gasteiger partial charge in [-0.1, -0.05) is 12.1 Å². The van der Waals surface area contributed by atoms with E-state index in [9.17, 15) is 4.79 Å². The van der Waals surface area contributed by atoms with Gasteiger partial charge in [0.1, 0.15) is 5.75 Å². The number of likely N-dealkylation sites (tertiary alicyclic amines) is 1. The second kappa shape index (κ2) is 8.77. The molecule has 1 N–H and O–H groups in total. The highest BCUT2D eigenvalue weighted by atomic mass is 16.5. The normalized spacial score (nSPS) is 18.1. The molecule has 0 spiro atoms. The molecule has 1 unspecified atom stereocenters. The largest absolute Gasteiger partial charge is 0.493 e. The number of amides is 2. The Hall–Kier alpha value is -1.75. The van der Waals surface area contributed by atoms with Crippen LogP contribution in [0.2, 0.25) is 0 Å². The molecule has 1 aromatic carbocycles. The van der Waals surface area contributed by atoms with Gasteiger partial charge in [-0.15, -0.1) is 0 Å². The Morgan fingerprint density at radius 2 is 2.26 bits per heavy atom. The molecule has 5 heteroatoms. The SMILES string of the molecule is Cc1cccc(OCC2CCCN(C(=O)NCCN(C)C)C2)c1. The van der Waals surface area contributed by atoms with Gasteiger partial charge in [-0.25, -0.2) is 4.79 Å². The van der Waals surface area contributed by atoms with E-state index in [2.05, 4.69) is 29.3 Å². The fraction of sp³-hybridized carbons (Fsp3) is 0.611. The summed E-state index contributed by atoms with van der Waals surface area (Å²) in [6.45, 7) is 5.90. The number of nitrogens with one attached hydrogen (secondary N) is 1. The maximum absolute atomic E-state index is 12.2. The number of benzene rings is 1. The maximum Gasteiger partial charge on any atom is 0.317 e. The molecule has 0 bridgehead atoms. The number of ether oxygens (including phenoxy) is 1. The zero-order valence-electron chi connectivity index (χ0n) is 14.5. The fourth-order valence-electron chi connectivity index (χ4n) is 2.80. The molecule has 0 saturated carbocycles.